The summed E-state index contributed by atoms with van der Waals surface area (Å²) in [4.78, 5) is 16.4. The first-order valence-electron chi connectivity index (χ1n) is 6.00. The van der Waals surface area contributed by atoms with Gasteiger partial charge in [-0.15, -0.1) is 0 Å². The Bertz CT molecular complexity index is 611. The molecule has 0 saturated heterocycles. The quantitative estimate of drug-likeness (QED) is 0.799. The molecule has 0 fully saturated rings. The summed E-state index contributed by atoms with van der Waals surface area (Å²) in [6, 6.07) is 6.91. The Balaban J connectivity index is 2.35. The molecule has 19 heavy (non-hydrogen) atoms. The van der Waals surface area contributed by atoms with Crippen molar-refractivity contribution in [1.82, 2.24) is 4.98 Å². The van der Waals surface area contributed by atoms with Gasteiger partial charge >= 0.3 is 0 Å². The average Bonchev–Trinajstić information content (AvgIpc) is 2.39. The monoisotopic (exact) mass is 275 g/mol. The number of nitrogens with zero attached hydrogens (tertiary/aromatic N) is 1. The summed E-state index contributed by atoms with van der Waals surface area (Å²) in [6.07, 6.45) is 3.13. The van der Waals surface area contributed by atoms with Crippen molar-refractivity contribution in [2.24, 2.45) is 0 Å². The number of aryl methyl sites for hydroxylation is 1. The zero-order chi connectivity index (χ0) is 13.8. The highest BCUT2D eigenvalue weighted by Gasteiger charge is 2.13. The largest absolute Gasteiger partial charge is 0.492 e. The number of ketones is 1. The second-order valence-corrected chi connectivity index (χ2v) is 4.57. The van der Waals surface area contributed by atoms with Crippen LogP contribution in [-0.2, 0) is 0 Å². The van der Waals surface area contributed by atoms with E-state index >= 15 is 0 Å². The van der Waals surface area contributed by atoms with E-state index in [-0.39, 0.29) is 5.78 Å². The minimum atomic E-state index is -0.0804. The molecule has 2 aromatic rings. The van der Waals surface area contributed by atoms with Crippen LogP contribution in [0.2, 0.25) is 5.02 Å². The van der Waals surface area contributed by atoms with Gasteiger partial charge in [0.25, 0.3) is 0 Å². The van der Waals surface area contributed by atoms with E-state index in [9.17, 15) is 4.79 Å². The molecular formula is C15H14ClNO2. The number of hydrogen-bond acceptors (Lipinski definition) is 3. The highest BCUT2D eigenvalue weighted by molar-refractivity contribution is 6.30. The van der Waals surface area contributed by atoms with Crippen molar-refractivity contribution in [3.05, 3.63) is 58.4 Å². The number of hydrogen-bond donors (Lipinski definition) is 0. The molecule has 2 rings (SSSR count). The number of aromatic nitrogens is 1. The van der Waals surface area contributed by atoms with Crippen LogP contribution in [0.25, 0.3) is 0 Å². The molecule has 0 bridgehead atoms. The van der Waals surface area contributed by atoms with Crippen LogP contribution in [-0.4, -0.2) is 17.4 Å². The Morgan fingerprint density at radius 1 is 1.32 bits per heavy atom. The minimum absolute atomic E-state index is 0.0804. The van der Waals surface area contributed by atoms with Crippen LogP contribution in [0.3, 0.4) is 0 Å². The zero-order valence-corrected chi connectivity index (χ0v) is 11.6. The van der Waals surface area contributed by atoms with Gasteiger partial charge in [-0.25, -0.2) is 0 Å². The summed E-state index contributed by atoms with van der Waals surface area (Å²) in [5, 5.41) is 0.621. The molecule has 0 aliphatic carbocycles. The first kappa shape index (κ1) is 13.6. The fourth-order valence-electron chi connectivity index (χ4n) is 1.83. The first-order chi connectivity index (χ1) is 9.11. The molecule has 0 unspecified atom stereocenters. The van der Waals surface area contributed by atoms with Crippen LogP contribution in [0.4, 0.5) is 0 Å². The van der Waals surface area contributed by atoms with Crippen molar-refractivity contribution in [1.29, 1.82) is 0 Å². The Hall–Kier alpha value is -1.87. The SMILES string of the molecule is CCOc1cncc(C(=O)c2ccc(Cl)cc2C)c1. The van der Waals surface area contributed by atoms with Gasteiger partial charge in [0.05, 0.1) is 12.8 Å². The first-order valence-corrected chi connectivity index (χ1v) is 6.38. The fourth-order valence-corrected chi connectivity index (χ4v) is 2.05. The molecule has 0 N–H and O–H groups in total. The lowest BCUT2D eigenvalue weighted by Crippen LogP contribution is -2.05. The molecule has 1 aromatic carbocycles. The minimum Gasteiger partial charge on any atom is -0.492 e. The van der Waals surface area contributed by atoms with Crippen LogP contribution < -0.4 is 4.74 Å². The van der Waals surface area contributed by atoms with E-state index in [0.29, 0.717) is 28.5 Å². The van der Waals surface area contributed by atoms with Gasteiger partial charge in [-0.05, 0) is 43.7 Å². The predicted molar refractivity (Wildman–Crippen MR) is 75.0 cm³/mol. The summed E-state index contributed by atoms with van der Waals surface area (Å²) in [7, 11) is 0. The Morgan fingerprint density at radius 3 is 2.79 bits per heavy atom. The highest BCUT2D eigenvalue weighted by atomic mass is 35.5. The predicted octanol–water partition coefficient (Wildman–Crippen LogP) is 3.67. The number of rotatable bonds is 4. The van der Waals surface area contributed by atoms with E-state index in [1.807, 2.05) is 13.8 Å². The Labute approximate surface area is 117 Å². The summed E-state index contributed by atoms with van der Waals surface area (Å²) < 4.78 is 5.35. The highest BCUT2D eigenvalue weighted by Crippen LogP contribution is 2.20. The lowest BCUT2D eigenvalue weighted by molar-refractivity contribution is 0.103. The second kappa shape index (κ2) is 5.85. The maximum absolute atomic E-state index is 12.4. The van der Waals surface area contributed by atoms with Gasteiger partial charge in [-0.1, -0.05) is 11.6 Å². The summed E-state index contributed by atoms with van der Waals surface area (Å²) in [5.74, 6) is 0.517. The number of halogens is 1. The normalized spacial score (nSPS) is 10.3. The molecular weight excluding hydrogens is 262 g/mol. The molecule has 3 nitrogen and oxygen atoms in total. The lowest BCUT2D eigenvalue weighted by atomic mass is 10.0. The van der Waals surface area contributed by atoms with E-state index in [0.717, 1.165) is 5.56 Å². The summed E-state index contributed by atoms with van der Waals surface area (Å²) >= 11 is 5.89. The molecule has 4 heteroatoms. The smallest absolute Gasteiger partial charge is 0.194 e. The fraction of sp³-hybridized carbons (Fsp3) is 0.200. The van der Waals surface area contributed by atoms with E-state index < -0.39 is 0 Å². The third kappa shape index (κ3) is 3.12. The lowest BCUT2D eigenvalue weighted by Gasteiger charge is -2.07. The van der Waals surface area contributed by atoms with Crippen LogP contribution in [0, 0.1) is 6.92 Å². The molecule has 98 valence electrons. The van der Waals surface area contributed by atoms with Gasteiger partial charge in [-0.2, -0.15) is 0 Å². The van der Waals surface area contributed by atoms with Crippen molar-refractivity contribution in [3.8, 4) is 5.75 Å². The van der Waals surface area contributed by atoms with Crippen molar-refractivity contribution in [3.63, 3.8) is 0 Å². The van der Waals surface area contributed by atoms with Gasteiger partial charge in [0.2, 0.25) is 0 Å². The van der Waals surface area contributed by atoms with Crippen molar-refractivity contribution in [2.45, 2.75) is 13.8 Å². The maximum atomic E-state index is 12.4. The van der Waals surface area contributed by atoms with Crippen molar-refractivity contribution in [2.75, 3.05) is 6.61 Å². The second-order valence-electron chi connectivity index (χ2n) is 4.13. The van der Waals surface area contributed by atoms with Gasteiger partial charge < -0.3 is 4.74 Å². The van der Waals surface area contributed by atoms with E-state index in [1.165, 1.54) is 0 Å². The van der Waals surface area contributed by atoms with Crippen molar-refractivity contribution >= 4 is 17.4 Å². The molecule has 1 aromatic heterocycles. The number of carbonyl (C=O) groups is 1. The van der Waals surface area contributed by atoms with Crippen LogP contribution in [0.5, 0.6) is 5.75 Å². The summed E-state index contributed by atoms with van der Waals surface area (Å²) in [5.41, 5.74) is 1.98. The standard InChI is InChI=1S/C15H14ClNO2/c1-3-19-13-7-11(8-17-9-13)15(18)14-5-4-12(16)6-10(14)2/h4-9H,3H2,1-2H3. The Morgan fingerprint density at radius 2 is 2.11 bits per heavy atom. The molecule has 0 aliphatic rings. The van der Waals surface area contributed by atoms with E-state index in [1.54, 1.807) is 36.7 Å². The summed E-state index contributed by atoms with van der Waals surface area (Å²) in [6.45, 7) is 4.29. The van der Waals surface area contributed by atoms with E-state index in [4.69, 9.17) is 16.3 Å². The maximum Gasteiger partial charge on any atom is 0.194 e. The van der Waals surface area contributed by atoms with Gasteiger partial charge in [0.15, 0.2) is 5.78 Å². The zero-order valence-electron chi connectivity index (χ0n) is 10.8. The molecule has 0 radical (unpaired) electrons. The number of carbonyl (C=O) groups excluding carboxylic acids is 1. The van der Waals surface area contributed by atoms with Crippen LogP contribution in [0.1, 0.15) is 28.4 Å². The third-order valence-electron chi connectivity index (χ3n) is 2.72. The average molecular weight is 276 g/mol. The van der Waals surface area contributed by atoms with Crippen LogP contribution in [0.15, 0.2) is 36.7 Å². The number of ether oxygens (including phenoxy) is 1. The van der Waals surface area contributed by atoms with Crippen molar-refractivity contribution < 1.29 is 9.53 Å². The molecule has 0 spiro atoms. The number of benzene rings is 1. The van der Waals surface area contributed by atoms with E-state index in [2.05, 4.69) is 4.98 Å². The molecule has 0 saturated carbocycles. The number of pyridine rings is 1. The molecule has 1 heterocycles. The topological polar surface area (TPSA) is 39.2 Å². The van der Waals surface area contributed by atoms with Gasteiger partial charge in [0.1, 0.15) is 5.75 Å². The van der Waals surface area contributed by atoms with Gasteiger partial charge in [-0.3, -0.25) is 9.78 Å². The molecule has 0 amide bonds. The van der Waals surface area contributed by atoms with Gasteiger partial charge in [0, 0.05) is 22.3 Å². The van der Waals surface area contributed by atoms with Crippen LogP contribution >= 0.6 is 11.6 Å². The molecule has 0 atom stereocenters. The third-order valence-corrected chi connectivity index (χ3v) is 2.95. The molecule has 0 aliphatic heterocycles. The Kier molecular flexibility index (Phi) is 4.17.